The van der Waals surface area contributed by atoms with Crippen molar-refractivity contribution in [1.82, 2.24) is 9.55 Å². The minimum absolute atomic E-state index is 0.0125. The summed E-state index contributed by atoms with van der Waals surface area (Å²) < 4.78 is 1.73. The number of amides is 3. The molecule has 26 heavy (non-hydrogen) atoms. The van der Waals surface area contributed by atoms with Crippen molar-refractivity contribution in [3.05, 3.63) is 54.1 Å². The molecule has 4 rings (SSSR count). The van der Waals surface area contributed by atoms with E-state index in [9.17, 15) is 14.4 Å². The summed E-state index contributed by atoms with van der Waals surface area (Å²) in [5.41, 5.74) is 7.54. The highest BCUT2D eigenvalue weighted by molar-refractivity contribution is 6.03. The van der Waals surface area contributed by atoms with Gasteiger partial charge in [-0.1, -0.05) is 12.1 Å². The number of anilines is 2. The van der Waals surface area contributed by atoms with Crippen molar-refractivity contribution >= 4 is 40.4 Å². The highest BCUT2D eigenvalue weighted by Crippen LogP contribution is 2.31. The van der Waals surface area contributed by atoms with E-state index in [1.807, 2.05) is 24.3 Å². The van der Waals surface area contributed by atoms with Crippen LogP contribution in [0.5, 0.6) is 0 Å². The summed E-state index contributed by atoms with van der Waals surface area (Å²) in [7, 11) is 0. The van der Waals surface area contributed by atoms with Crippen LogP contribution in [0.4, 0.5) is 11.6 Å². The topological polar surface area (TPSA) is 119 Å². The van der Waals surface area contributed by atoms with Crippen LogP contribution in [0.25, 0.3) is 11.0 Å². The van der Waals surface area contributed by atoms with Crippen LogP contribution in [0.1, 0.15) is 22.8 Å². The Labute approximate surface area is 148 Å². The van der Waals surface area contributed by atoms with Crippen LogP contribution in [0.2, 0.25) is 0 Å². The van der Waals surface area contributed by atoms with Gasteiger partial charge in [0, 0.05) is 11.3 Å². The number of nitrogens with zero attached hydrogens (tertiary/aromatic N) is 2. The van der Waals surface area contributed by atoms with Gasteiger partial charge in [0.2, 0.25) is 23.7 Å². The summed E-state index contributed by atoms with van der Waals surface area (Å²) in [5, 5.41) is 5.47. The number of nitrogens with two attached hydrogens (primary N) is 1. The molecular weight excluding hydrogens is 334 g/mol. The highest BCUT2D eigenvalue weighted by Gasteiger charge is 2.32. The normalized spacial score (nSPS) is 16.0. The second kappa shape index (κ2) is 5.99. The maximum atomic E-state index is 12.8. The number of nitrogens with one attached hydrogen (secondary N) is 2. The Balaban J connectivity index is 1.66. The van der Waals surface area contributed by atoms with Crippen LogP contribution < -0.4 is 16.4 Å². The van der Waals surface area contributed by atoms with Crippen molar-refractivity contribution in [3.63, 3.8) is 0 Å². The van der Waals surface area contributed by atoms with Crippen molar-refractivity contribution < 1.29 is 14.4 Å². The van der Waals surface area contributed by atoms with Crippen LogP contribution in [0.3, 0.4) is 0 Å². The van der Waals surface area contributed by atoms with Crippen LogP contribution >= 0.6 is 0 Å². The van der Waals surface area contributed by atoms with E-state index in [0.717, 1.165) is 5.52 Å². The first-order chi connectivity index (χ1) is 12.5. The SMILES string of the molecule is NC(=O)c1ccc(NC(=O)[C@@H]2CC(=O)Nc3nc4ccccc4n32)cc1. The van der Waals surface area contributed by atoms with Crippen molar-refractivity contribution in [2.24, 2.45) is 5.73 Å². The Kier molecular flexibility index (Phi) is 3.65. The number of carbonyl (C=O) groups is 3. The lowest BCUT2D eigenvalue weighted by molar-refractivity contribution is -0.124. The lowest BCUT2D eigenvalue weighted by Gasteiger charge is -2.25. The summed E-state index contributed by atoms with van der Waals surface area (Å²) in [6, 6.07) is 12.9. The van der Waals surface area contributed by atoms with E-state index in [1.54, 1.807) is 16.7 Å². The molecule has 8 heteroatoms. The van der Waals surface area contributed by atoms with Gasteiger partial charge in [-0.2, -0.15) is 0 Å². The molecule has 130 valence electrons. The fraction of sp³-hybridized carbons (Fsp3) is 0.111. The molecule has 1 aromatic heterocycles. The first-order valence-electron chi connectivity index (χ1n) is 8.00. The van der Waals surface area contributed by atoms with Gasteiger partial charge in [-0.25, -0.2) is 4.98 Å². The Morgan fingerprint density at radius 3 is 2.62 bits per heavy atom. The molecule has 1 aliphatic rings. The summed E-state index contributed by atoms with van der Waals surface area (Å²) in [6.45, 7) is 0. The number of imidazole rings is 1. The smallest absolute Gasteiger partial charge is 0.248 e. The van der Waals surface area contributed by atoms with Crippen molar-refractivity contribution in [2.45, 2.75) is 12.5 Å². The van der Waals surface area contributed by atoms with Gasteiger partial charge in [0.25, 0.3) is 0 Å². The lowest BCUT2D eigenvalue weighted by atomic mass is 10.1. The molecule has 3 aromatic rings. The molecule has 3 amide bonds. The molecule has 0 bridgehead atoms. The molecule has 1 atom stereocenters. The molecule has 0 radical (unpaired) electrons. The summed E-state index contributed by atoms with van der Waals surface area (Å²) in [5.74, 6) is -0.791. The fourth-order valence-electron chi connectivity index (χ4n) is 3.04. The van der Waals surface area contributed by atoms with E-state index < -0.39 is 11.9 Å². The molecule has 2 heterocycles. The first kappa shape index (κ1) is 15.8. The maximum Gasteiger partial charge on any atom is 0.248 e. The molecule has 0 unspecified atom stereocenters. The molecule has 4 N–H and O–H groups in total. The Morgan fingerprint density at radius 1 is 1.15 bits per heavy atom. The Morgan fingerprint density at radius 2 is 1.88 bits per heavy atom. The quantitative estimate of drug-likeness (QED) is 0.666. The van der Waals surface area contributed by atoms with Crippen LogP contribution in [-0.4, -0.2) is 27.3 Å². The lowest BCUT2D eigenvalue weighted by Crippen LogP contribution is -2.35. The van der Waals surface area contributed by atoms with Crippen molar-refractivity contribution in [2.75, 3.05) is 10.6 Å². The molecule has 0 fully saturated rings. The number of carbonyl (C=O) groups excluding carboxylic acids is 3. The van der Waals surface area contributed by atoms with E-state index in [4.69, 9.17) is 5.73 Å². The van der Waals surface area contributed by atoms with E-state index >= 15 is 0 Å². The third-order valence-electron chi connectivity index (χ3n) is 4.28. The molecule has 0 aliphatic carbocycles. The summed E-state index contributed by atoms with van der Waals surface area (Å²) in [6.07, 6.45) is 0.0125. The fourth-order valence-corrected chi connectivity index (χ4v) is 3.04. The molecular formula is C18H15N5O3. The van der Waals surface area contributed by atoms with Gasteiger partial charge in [-0.3, -0.25) is 24.3 Å². The third kappa shape index (κ3) is 2.67. The Bertz CT molecular complexity index is 1040. The van der Waals surface area contributed by atoms with Crippen molar-refractivity contribution in [3.8, 4) is 0 Å². The number of hydrogen-bond donors (Lipinski definition) is 3. The van der Waals surface area contributed by atoms with E-state index in [1.165, 1.54) is 12.1 Å². The first-order valence-corrected chi connectivity index (χ1v) is 8.00. The average Bonchev–Trinajstić information content (AvgIpc) is 2.99. The van der Waals surface area contributed by atoms with Gasteiger partial charge in [-0.05, 0) is 36.4 Å². The third-order valence-corrected chi connectivity index (χ3v) is 4.28. The molecule has 0 saturated heterocycles. The number of aromatic nitrogens is 2. The van der Waals surface area contributed by atoms with Gasteiger partial charge in [0.15, 0.2) is 0 Å². The van der Waals surface area contributed by atoms with E-state index in [2.05, 4.69) is 15.6 Å². The second-order valence-corrected chi connectivity index (χ2v) is 5.99. The van der Waals surface area contributed by atoms with E-state index in [0.29, 0.717) is 22.7 Å². The number of rotatable bonds is 3. The maximum absolute atomic E-state index is 12.8. The number of primary amides is 1. The zero-order valence-corrected chi connectivity index (χ0v) is 13.6. The van der Waals surface area contributed by atoms with Crippen LogP contribution in [0, 0.1) is 0 Å². The largest absolute Gasteiger partial charge is 0.366 e. The average molecular weight is 349 g/mol. The van der Waals surface area contributed by atoms with Gasteiger partial charge < -0.3 is 11.1 Å². The predicted octanol–water partition coefficient (Wildman–Crippen LogP) is 1.66. The van der Waals surface area contributed by atoms with Gasteiger partial charge in [-0.15, -0.1) is 0 Å². The van der Waals surface area contributed by atoms with Crippen molar-refractivity contribution in [1.29, 1.82) is 0 Å². The standard InChI is InChI=1S/C18H15N5O3/c19-16(25)10-5-7-11(8-6-10)20-17(26)14-9-15(24)22-18-21-12-3-1-2-4-13(12)23(14)18/h1-8,14H,9H2,(H2,19,25)(H,20,26)(H,21,22,24)/t14-/m0/s1. The van der Waals surface area contributed by atoms with Gasteiger partial charge in [0.05, 0.1) is 17.5 Å². The Hall–Kier alpha value is -3.68. The minimum atomic E-state index is -0.720. The van der Waals surface area contributed by atoms with Gasteiger partial charge in [0.1, 0.15) is 6.04 Å². The zero-order valence-electron chi connectivity index (χ0n) is 13.6. The number of para-hydroxylation sites is 2. The minimum Gasteiger partial charge on any atom is -0.366 e. The second-order valence-electron chi connectivity index (χ2n) is 5.99. The molecule has 1 aliphatic heterocycles. The van der Waals surface area contributed by atoms with Crippen LogP contribution in [0.15, 0.2) is 48.5 Å². The molecule has 0 saturated carbocycles. The predicted molar refractivity (Wildman–Crippen MR) is 95.6 cm³/mol. The number of hydrogen-bond acceptors (Lipinski definition) is 4. The summed E-state index contributed by atoms with van der Waals surface area (Å²) in [4.78, 5) is 40.3. The monoisotopic (exact) mass is 349 g/mol. The highest BCUT2D eigenvalue weighted by atomic mass is 16.2. The van der Waals surface area contributed by atoms with Crippen LogP contribution in [-0.2, 0) is 9.59 Å². The zero-order chi connectivity index (χ0) is 18.3. The number of benzene rings is 2. The number of fused-ring (bicyclic) bond motifs is 3. The molecule has 2 aromatic carbocycles. The van der Waals surface area contributed by atoms with E-state index in [-0.39, 0.29) is 18.2 Å². The van der Waals surface area contributed by atoms with Gasteiger partial charge >= 0.3 is 0 Å². The molecule has 0 spiro atoms. The summed E-state index contributed by atoms with van der Waals surface area (Å²) >= 11 is 0. The molecule has 8 nitrogen and oxygen atoms in total.